The van der Waals surface area contributed by atoms with Crippen molar-refractivity contribution >= 4 is 17.4 Å². The average molecular weight is 233 g/mol. The van der Waals surface area contributed by atoms with Gasteiger partial charge in [-0.25, -0.2) is 0 Å². The van der Waals surface area contributed by atoms with Crippen molar-refractivity contribution in [2.45, 2.75) is 0 Å². The van der Waals surface area contributed by atoms with Gasteiger partial charge in [0.1, 0.15) is 5.75 Å². The van der Waals surface area contributed by atoms with Gasteiger partial charge in [-0.05, 0) is 24.4 Å². The van der Waals surface area contributed by atoms with Crippen LogP contribution in [0.4, 0.5) is 0 Å². The van der Waals surface area contributed by atoms with E-state index in [0.717, 1.165) is 5.75 Å². The highest BCUT2D eigenvalue weighted by Gasteiger charge is 2.07. The van der Waals surface area contributed by atoms with Crippen LogP contribution in [0.1, 0.15) is 0 Å². The third-order valence-corrected chi connectivity index (χ3v) is 2.25. The van der Waals surface area contributed by atoms with Crippen LogP contribution in [-0.2, 0) is 0 Å². The lowest BCUT2D eigenvalue weighted by molar-refractivity contribution is 0.404. The van der Waals surface area contributed by atoms with Crippen molar-refractivity contribution in [1.82, 2.24) is 4.90 Å². The Labute approximate surface area is 102 Å². The normalized spacial score (nSPS) is 9.25. The Kier molecular flexibility index (Phi) is 5.29. The Morgan fingerprint density at radius 1 is 1.19 bits per heavy atom. The van der Waals surface area contributed by atoms with E-state index >= 15 is 0 Å². The zero-order valence-electron chi connectivity index (χ0n) is 9.13. The van der Waals surface area contributed by atoms with Gasteiger partial charge in [0, 0.05) is 13.1 Å². The van der Waals surface area contributed by atoms with Gasteiger partial charge in [0.15, 0.2) is 0 Å². The van der Waals surface area contributed by atoms with Crippen molar-refractivity contribution in [3.05, 3.63) is 55.6 Å². The minimum atomic E-state index is 0.436. The zero-order valence-corrected chi connectivity index (χ0v) is 9.95. The summed E-state index contributed by atoms with van der Waals surface area (Å²) in [4.78, 5) is 1.88. The molecule has 0 N–H and O–H groups in total. The first-order valence-corrected chi connectivity index (χ1v) is 5.42. The second-order valence-electron chi connectivity index (χ2n) is 3.16. The molecule has 0 saturated carbocycles. The number of nitrogens with zero attached hydrogens (tertiary/aromatic N) is 1. The largest absolute Gasteiger partial charge is 0.432 e. The summed E-state index contributed by atoms with van der Waals surface area (Å²) in [6.07, 6.45) is 3.56. The number of benzene rings is 1. The van der Waals surface area contributed by atoms with Crippen molar-refractivity contribution in [2.24, 2.45) is 0 Å². The van der Waals surface area contributed by atoms with Gasteiger partial charge in [-0.15, -0.1) is 13.2 Å². The van der Waals surface area contributed by atoms with Crippen LogP contribution in [0.3, 0.4) is 0 Å². The van der Waals surface area contributed by atoms with Gasteiger partial charge in [0.2, 0.25) is 0 Å². The average Bonchev–Trinajstić information content (AvgIpc) is 2.30. The summed E-state index contributed by atoms with van der Waals surface area (Å²) in [6, 6.07) is 9.48. The molecule has 0 unspecified atom stereocenters. The van der Waals surface area contributed by atoms with Crippen LogP contribution in [0.25, 0.3) is 0 Å². The van der Waals surface area contributed by atoms with Crippen LogP contribution >= 0.6 is 12.2 Å². The van der Waals surface area contributed by atoms with Crippen LogP contribution < -0.4 is 4.74 Å². The molecule has 2 nitrogen and oxygen atoms in total. The maximum Gasteiger partial charge on any atom is 0.265 e. The highest BCUT2D eigenvalue weighted by atomic mass is 32.1. The first kappa shape index (κ1) is 12.5. The maximum absolute atomic E-state index is 5.54. The van der Waals surface area contributed by atoms with E-state index < -0.39 is 0 Å². The SMILES string of the molecule is C=CCN(CC=C)C(=S)Oc1ccccc1. The molecule has 0 heterocycles. The highest BCUT2D eigenvalue weighted by molar-refractivity contribution is 7.80. The summed E-state index contributed by atoms with van der Waals surface area (Å²) < 4.78 is 5.54. The summed E-state index contributed by atoms with van der Waals surface area (Å²) >= 11 is 5.20. The molecule has 0 atom stereocenters. The number of hydrogen-bond acceptors (Lipinski definition) is 2. The van der Waals surface area contributed by atoms with Gasteiger partial charge in [-0.2, -0.15) is 0 Å². The van der Waals surface area contributed by atoms with Crippen LogP contribution in [-0.4, -0.2) is 23.2 Å². The third kappa shape index (κ3) is 3.87. The van der Waals surface area contributed by atoms with Gasteiger partial charge in [0.25, 0.3) is 5.17 Å². The van der Waals surface area contributed by atoms with E-state index in [1.807, 2.05) is 35.2 Å². The second-order valence-corrected chi connectivity index (χ2v) is 3.51. The van der Waals surface area contributed by atoms with Gasteiger partial charge in [-0.3, -0.25) is 0 Å². The molecule has 0 amide bonds. The molecule has 1 aromatic rings. The van der Waals surface area contributed by atoms with Crippen LogP contribution in [0.5, 0.6) is 5.75 Å². The van der Waals surface area contributed by atoms with Crippen molar-refractivity contribution in [1.29, 1.82) is 0 Å². The molecule has 0 saturated heterocycles. The molecule has 0 spiro atoms. The van der Waals surface area contributed by atoms with E-state index in [9.17, 15) is 0 Å². The molecule has 0 aliphatic rings. The summed E-state index contributed by atoms with van der Waals surface area (Å²) in [7, 11) is 0. The van der Waals surface area contributed by atoms with E-state index in [4.69, 9.17) is 17.0 Å². The summed E-state index contributed by atoms with van der Waals surface area (Å²) in [5, 5.41) is 0.436. The molecule has 3 heteroatoms. The standard InChI is InChI=1S/C13H15NOS/c1-3-10-14(11-4-2)13(16)15-12-8-6-5-7-9-12/h3-9H,1-2,10-11H2. The lowest BCUT2D eigenvalue weighted by Crippen LogP contribution is -2.33. The number of thiocarbonyl (C=S) groups is 1. The van der Waals surface area contributed by atoms with Crippen molar-refractivity contribution < 1.29 is 4.74 Å². The molecule has 1 aromatic carbocycles. The predicted octanol–water partition coefficient (Wildman–Crippen LogP) is 3.02. The number of rotatable bonds is 5. The molecule has 0 bridgehead atoms. The van der Waals surface area contributed by atoms with E-state index in [0.29, 0.717) is 18.3 Å². The van der Waals surface area contributed by atoms with Crippen LogP contribution in [0.2, 0.25) is 0 Å². The van der Waals surface area contributed by atoms with Gasteiger partial charge in [-0.1, -0.05) is 30.4 Å². The summed E-state index contributed by atoms with van der Waals surface area (Å²) in [6.45, 7) is 8.66. The smallest absolute Gasteiger partial charge is 0.265 e. The van der Waals surface area contributed by atoms with Gasteiger partial charge < -0.3 is 9.64 Å². The molecule has 0 fully saturated rings. The van der Waals surface area contributed by atoms with E-state index in [-0.39, 0.29) is 0 Å². The molecule has 0 aromatic heterocycles. The predicted molar refractivity (Wildman–Crippen MR) is 71.6 cm³/mol. The summed E-state index contributed by atoms with van der Waals surface area (Å²) in [5.74, 6) is 0.741. The Hall–Kier alpha value is -1.61. The Morgan fingerprint density at radius 2 is 1.75 bits per heavy atom. The summed E-state index contributed by atoms with van der Waals surface area (Å²) in [5.41, 5.74) is 0. The molecule has 0 aliphatic carbocycles. The number of hydrogen-bond donors (Lipinski definition) is 0. The number of para-hydroxylation sites is 1. The maximum atomic E-state index is 5.54. The highest BCUT2D eigenvalue weighted by Crippen LogP contribution is 2.10. The molecule has 0 radical (unpaired) electrons. The Bertz CT molecular complexity index is 351. The third-order valence-electron chi connectivity index (χ3n) is 1.91. The fraction of sp³-hybridized carbons (Fsp3) is 0.154. The van der Waals surface area contributed by atoms with E-state index in [1.54, 1.807) is 12.2 Å². The minimum Gasteiger partial charge on any atom is -0.432 e. The fourth-order valence-corrected chi connectivity index (χ4v) is 1.43. The lowest BCUT2D eigenvalue weighted by atomic mass is 10.3. The zero-order chi connectivity index (χ0) is 11.8. The monoisotopic (exact) mass is 233 g/mol. The lowest BCUT2D eigenvalue weighted by Gasteiger charge is -2.21. The van der Waals surface area contributed by atoms with Crippen molar-refractivity contribution in [3.63, 3.8) is 0 Å². The Morgan fingerprint density at radius 3 is 2.25 bits per heavy atom. The first-order valence-electron chi connectivity index (χ1n) is 5.01. The molecule has 0 aliphatic heterocycles. The molecule has 84 valence electrons. The number of ether oxygens (including phenoxy) is 1. The Balaban J connectivity index is 2.61. The molecular formula is C13H15NOS. The first-order chi connectivity index (χ1) is 7.77. The second kappa shape index (κ2) is 6.80. The molecule has 1 rings (SSSR count). The van der Waals surface area contributed by atoms with Gasteiger partial charge in [0.05, 0.1) is 0 Å². The quantitative estimate of drug-likeness (QED) is 0.573. The fourth-order valence-electron chi connectivity index (χ4n) is 1.19. The van der Waals surface area contributed by atoms with Crippen molar-refractivity contribution in [3.8, 4) is 5.75 Å². The molecule has 16 heavy (non-hydrogen) atoms. The van der Waals surface area contributed by atoms with Crippen LogP contribution in [0, 0.1) is 0 Å². The molecular weight excluding hydrogens is 218 g/mol. The van der Waals surface area contributed by atoms with E-state index in [2.05, 4.69) is 13.2 Å². The van der Waals surface area contributed by atoms with Crippen molar-refractivity contribution in [2.75, 3.05) is 13.1 Å². The van der Waals surface area contributed by atoms with Crippen LogP contribution in [0.15, 0.2) is 55.6 Å². The van der Waals surface area contributed by atoms with E-state index in [1.165, 1.54) is 0 Å². The topological polar surface area (TPSA) is 12.5 Å². The minimum absolute atomic E-state index is 0.436. The van der Waals surface area contributed by atoms with Gasteiger partial charge >= 0.3 is 0 Å².